The Morgan fingerprint density at radius 3 is 2.55 bits per heavy atom. The van der Waals surface area contributed by atoms with E-state index in [1.165, 1.54) is 31.0 Å². The summed E-state index contributed by atoms with van der Waals surface area (Å²) in [6, 6.07) is 4.68. The van der Waals surface area contributed by atoms with E-state index in [1.807, 2.05) is 0 Å². The lowest BCUT2D eigenvalue weighted by atomic mass is 10.1. The number of carboxylic acid groups (broad SMARTS) is 1. The molecule has 1 aliphatic heterocycles. The molecule has 3 rings (SSSR count). The van der Waals surface area contributed by atoms with Gasteiger partial charge in [-0.05, 0) is 36.6 Å². The Morgan fingerprint density at radius 1 is 1.25 bits per heavy atom. The van der Waals surface area contributed by atoms with Crippen molar-refractivity contribution in [2.24, 2.45) is 0 Å². The van der Waals surface area contributed by atoms with Crippen LogP contribution in [0.5, 0.6) is 0 Å². The van der Waals surface area contributed by atoms with Gasteiger partial charge in [-0.3, -0.25) is 9.80 Å². The maximum atomic E-state index is 13.3. The number of hydrogen-bond acceptors (Lipinski definition) is 3. The number of carboxylic acids is 1. The van der Waals surface area contributed by atoms with Gasteiger partial charge >= 0.3 is 5.97 Å². The van der Waals surface area contributed by atoms with Crippen molar-refractivity contribution in [2.45, 2.75) is 25.4 Å². The van der Waals surface area contributed by atoms with Crippen molar-refractivity contribution < 1.29 is 14.3 Å². The average molecular weight is 278 g/mol. The van der Waals surface area contributed by atoms with Crippen LogP contribution in [0.4, 0.5) is 4.39 Å². The summed E-state index contributed by atoms with van der Waals surface area (Å²) in [6.45, 7) is 4.42. The first-order valence-corrected chi connectivity index (χ1v) is 7.11. The Morgan fingerprint density at radius 2 is 1.95 bits per heavy atom. The fourth-order valence-electron chi connectivity index (χ4n) is 2.87. The second kappa shape index (κ2) is 5.50. The molecular weight excluding hydrogens is 259 g/mol. The predicted octanol–water partition coefficient (Wildman–Crippen LogP) is 1.80. The number of halogens is 1. The first-order valence-electron chi connectivity index (χ1n) is 7.11. The predicted molar refractivity (Wildman–Crippen MR) is 73.2 cm³/mol. The van der Waals surface area contributed by atoms with E-state index < -0.39 is 5.97 Å². The van der Waals surface area contributed by atoms with Gasteiger partial charge in [0.15, 0.2) is 0 Å². The highest BCUT2D eigenvalue weighted by atomic mass is 19.1. The molecule has 1 saturated heterocycles. The van der Waals surface area contributed by atoms with E-state index in [4.69, 9.17) is 5.11 Å². The Kier molecular flexibility index (Phi) is 3.72. The molecular formula is C15H19FN2O2. The highest BCUT2D eigenvalue weighted by molar-refractivity contribution is 5.89. The summed E-state index contributed by atoms with van der Waals surface area (Å²) in [5.41, 5.74) is 0.772. The second-order valence-corrected chi connectivity index (χ2v) is 5.65. The number of benzene rings is 1. The molecule has 0 bridgehead atoms. The van der Waals surface area contributed by atoms with Crippen LogP contribution >= 0.6 is 0 Å². The van der Waals surface area contributed by atoms with Gasteiger partial charge in [-0.1, -0.05) is 0 Å². The van der Waals surface area contributed by atoms with Gasteiger partial charge in [0, 0.05) is 38.8 Å². The standard InChI is InChI=1S/C15H19FN2O2/c16-12-1-4-14(15(19)20)11(9-12)10-17-5-7-18(8-6-17)13-2-3-13/h1,4,9,13H,2-3,5-8,10H2,(H,19,20). The van der Waals surface area contributed by atoms with Crippen LogP contribution in [0.2, 0.25) is 0 Å². The molecule has 0 unspecified atom stereocenters. The molecule has 1 aromatic carbocycles. The van der Waals surface area contributed by atoms with Crippen molar-refractivity contribution in [2.75, 3.05) is 26.2 Å². The van der Waals surface area contributed by atoms with Gasteiger partial charge in [-0.15, -0.1) is 0 Å². The molecule has 1 aromatic rings. The third-order valence-electron chi connectivity index (χ3n) is 4.16. The van der Waals surface area contributed by atoms with E-state index in [1.54, 1.807) is 0 Å². The largest absolute Gasteiger partial charge is 0.478 e. The maximum absolute atomic E-state index is 13.3. The van der Waals surface area contributed by atoms with E-state index >= 15 is 0 Å². The summed E-state index contributed by atoms with van der Waals surface area (Å²) in [4.78, 5) is 15.9. The molecule has 20 heavy (non-hydrogen) atoms. The topological polar surface area (TPSA) is 43.8 Å². The van der Waals surface area contributed by atoms with Crippen molar-refractivity contribution >= 4 is 5.97 Å². The summed E-state index contributed by atoms with van der Waals surface area (Å²) in [7, 11) is 0. The molecule has 0 atom stereocenters. The minimum Gasteiger partial charge on any atom is -0.478 e. The van der Waals surface area contributed by atoms with Crippen molar-refractivity contribution in [3.63, 3.8) is 0 Å². The van der Waals surface area contributed by atoms with Gasteiger partial charge in [0.25, 0.3) is 0 Å². The third kappa shape index (κ3) is 2.99. The highest BCUT2D eigenvalue weighted by Gasteiger charge is 2.31. The Labute approximate surface area is 117 Å². The minimum atomic E-state index is -0.989. The zero-order valence-electron chi connectivity index (χ0n) is 11.4. The van der Waals surface area contributed by atoms with Crippen LogP contribution in [0.3, 0.4) is 0 Å². The Bertz CT molecular complexity index is 509. The van der Waals surface area contributed by atoms with Crippen LogP contribution in [0, 0.1) is 5.82 Å². The van der Waals surface area contributed by atoms with E-state index in [-0.39, 0.29) is 11.4 Å². The number of piperazine rings is 1. The molecule has 1 aliphatic carbocycles. The lowest BCUT2D eigenvalue weighted by Gasteiger charge is -2.35. The number of nitrogens with zero attached hydrogens (tertiary/aromatic N) is 2. The second-order valence-electron chi connectivity index (χ2n) is 5.65. The van der Waals surface area contributed by atoms with Crippen molar-refractivity contribution in [3.05, 3.63) is 35.1 Å². The van der Waals surface area contributed by atoms with Gasteiger partial charge < -0.3 is 5.11 Å². The van der Waals surface area contributed by atoms with Crippen LogP contribution in [0.1, 0.15) is 28.8 Å². The monoisotopic (exact) mass is 278 g/mol. The van der Waals surface area contributed by atoms with Gasteiger partial charge in [0.1, 0.15) is 5.82 Å². The van der Waals surface area contributed by atoms with Crippen molar-refractivity contribution in [1.29, 1.82) is 0 Å². The summed E-state index contributed by atoms with van der Waals surface area (Å²) in [5.74, 6) is -1.36. The molecule has 108 valence electrons. The fraction of sp³-hybridized carbons (Fsp3) is 0.533. The first kappa shape index (κ1) is 13.5. The van der Waals surface area contributed by atoms with Crippen LogP contribution in [0.15, 0.2) is 18.2 Å². The van der Waals surface area contributed by atoms with Gasteiger partial charge in [-0.2, -0.15) is 0 Å². The van der Waals surface area contributed by atoms with Crippen molar-refractivity contribution in [1.82, 2.24) is 9.80 Å². The zero-order chi connectivity index (χ0) is 14.1. The molecule has 1 N–H and O–H groups in total. The quantitative estimate of drug-likeness (QED) is 0.912. The Hall–Kier alpha value is -1.46. The molecule has 0 amide bonds. The molecule has 5 heteroatoms. The molecule has 0 spiro atoms. The van der Waals surface area contributed by atoms with Crippen LogP contribution in [-0.2, 0) is 6.54 Å². The van der Waals surface area contributed by atoms with E-state index in [0.29, 0.717) is 12.1 Å². The molecule has 1 saturated carbocycles. The zero-order valence-corrected chi connectivity index (χ0v) is 11.4. The molecule has 2 aliphatic rings. The summed E-state index contributed by atoms with van der Waals surface area (Å²) >= 11 is 0. The molecule has 0 aromatic heterocycles. The lowest BCUT2D eigenvalue weighted by Crippen LogP contribution is -2.46. The molecule has 4 nitrogen and oxygen atoms in total. The number of hydrogen-bond donors (Lipinski definition) is 1. The minimum absolute atomic E-state index is 0.205. The van der Waals surface area contributed by atoms with Crippen LogP contribution in [-0.4, -0.2) is 53.1 Å². The van der Waals surface area contributed by atoms with Gasteiger partial charge in [-0.25, -0.2) is 9.18 Å². The smallest absolute Gasteiger partial charge is 0.336 e. The number of carbonyl (C=O) groups is 1. The molecule has 2 fully saturated rings. The maximum Gasteiger partial charge on any atom is 0.336 e. The van der Waals surface area contributed by atoms with E-state index in [0.717, 1.165) is 32.2 Å². The summed E-state index contributed by atoms with van der Waals surface area (Å²) in [5, 5.41) is 9.16. The SMILES string of the molecule is O=C(O)c1ccc(F)cc1CN1CCN(C2CC2)CC1. The van der Waals surface area contributed by atoms with Crippen LogP contribution in [0.25, 0.3) is 0 Å². The highest BCUT2D eigenvalue weighted by Crippen LogP contribution is 2.27. The molecule has 0 radical (unpaired) electrons. The average Bonchev–Trinajstić information content (AvgIpc) is 3.24. The molecule has 1 heterocycles. The van der Waals surface area contributed by atoms with Gasteiger partial charge in [0.2, 0.25) is 0 Å². The Balaban J connectivity index is 1.65. The number of rotatable bonds is 4. The number of aromatic carboxylic acids is 1. The normalized spacial score (nSPS) is 21.1. The van der Waals surface area contributed by atoms with Crippen LogP contribution < -0.4 is 0 Å². The fourth-order valence-corrected chi connectivity index (χ4v) is 2.87. The first-order chi connectivity index (χ1) is 9.63. The lowest BCUT2D eigenvalue weighted by molar-refractivity contribution is 0.0692. The summed E-state index contributed by atoms with van der Waals surface area (Å²) in [6.07, 6.45) is 2.63. The van der Waals surface area contributed by atoms with E-state index in [2.05, 4.69) is 9.80 Å². The third-order valence-corrected chi connectivity index (χ3v) is 4.16. The van der Waals surface area contributed by atoms with Gasteiger partial charge in [0.05, 0.1) is 5.56 Å². The van der Waals surface area contributed by atoms with E-state index in [9.17, 15) is 9.18 Å². The van der Waals surface area contributed by atoms with Crippen molar-refractivity contribution in [3.8, 4) is 0 Å². The summed E-state index contributed by atoms with van der Waals surface area (Å²) < 4.78 is 13.3.